The summed E-state index contributed by atoms with van der Waals surface area (Å²) in [5.74, 6) is -0.113. The molecule has 114 valence electrons. The van der Waals surface area contributed by atoms with E-state index < -0.39 is 16.3 Å². The van der Waals surface area contributed by atoms with Gasteiger partial charge in [-0.3, -0.25) is 14.9 Å². The van der Waals surface area contributed by atoms with Crippen molar-refractivity contribution in [2.75, 3.05) is 18.0 Å². The van der Waals surface area contributed by atoms with Gasteiger partial charge in [-0.05, 0) is 38.7 Å². The van der Waals surface area contributed by atoms with E-state index in [1.54, 1.807) is 19.9 Å². The van der Waals surface area contributed by atoms with Crippen molar-refractivity contribution < 1.29 is 14.8 Å². The van der Waals surface area contributed by atoms with Gasteiger partial charge in [0.1, 0.15) is 12.0 Å². The average molecular weight is 293 g/mol. The molecule has 0 saturated carbocycles. The zero-order chi connectivity index (χ0) is 15.6. The molecule has 1 aliphatic heterocycles. The van der Waals surface area contributed by atoms with E-state index in [1.165, 1.54) is 12.3 Å². The topological polar surface area (TPSA) is 96.6 Å². The van der Waals surface area contributed by atoms with Crippen LogP contribution in [0.2, 0.25) is 0 Å². The Bertz CT molecular complexity index is 542. The van der Waals surface area contributed by atoms with Crippen LogP contribution in [0.5, 0.6) is 0 Å². The standard InChI is InChI=1S/C14H19N3O4/c1-14(2,13(18)19)10-4-3-7-16(9-10)12-6-5-11(8-15-12)17(20)21/h5-6,8,10H,3-4,7,9H2,1-2H3,(H,18,19). The second-order valence-corrected chi connectivity index (χ2v) is 5.94. The summed E-state index contributed by atoms with van der Waals surface area (Å²) >= 11 is 0. The highest BCUT2D eigenvalue weighted by Crippen LogP contribution is 2.35. The van der Waals surface area contributed by atoms with E-state index in [4.69, 9.17) is 0 Å². The molecule has 0 radical (unpaired) electrons. The quantitative estimate of drug-likeness (QED) is 0.676. The van der Waals surface area contributed by atoms with Gasteiger partial charge in [0, 0.05) is 19.2 Å². The highest BCUT2D eigenvalue weighted by molar-refractivity contribution is 5.74. The summed E-state index contributed by atoms with van der Waals surface area (Å²) in [5, 5.41) is 20.0. The van der Waals surface area contributed by atoms with Crippen LogP contribution in [0.25, 0.3) is 0 Å². The minimum Gasteiger partial charge on any atom is -0.481 e. The molecule has 0 amide bonds. The third-order valence-corrected chi connectivity index (χ3v) is 4.26. The first kappa shape index (κ1) is 15.2. The van der Waals surface area contributed by atoms with Crippen molar-refractivity contribution in [1.82, 2.24) is 4.98 Å². The third kappa shape index (κ3) is 3.12. The van der Waals surface area contributed by atoms with E-state index in [0.29, 0.717) is 12.4 Å². The molecule has 0 aliphatic carbocycles. The highest BCUT2D eigenvalue weighted by atomic mass is 16.6. The molecule has 21 heavy (non-hydrogen) atoms. The summed E-state index contributed by atoms with van der Waals surface area (Å²) in [5.41, 5.74) is -0.836. The van der Waals surface area contributed by atoms with Crippen molar-refractivity contribution in [3.8, 4) is 0 Å². The number of piperidine rings is 1. The average Bonchev–Trinajstić information content (AvgIpc) is 2.47. The maximum Gasteiger partial charge on any atom is 0.309 e. The molecular weight excluding hydrogens is 274 g/mol. The lowest BCUT2D eigenvalue weighted by atomic mass is 9.74. The predicted molar refractivity (Wildman–Crippen MR) is 77.2 cm³/mol. The van der Waals surface area contributed by atoms with Gasteiger partial charge in [0.25, 0.3) is 5.69 Å². The van der Waals surface area contributed by atoms with Gasteiger partial charge in [-0.2, -0.15) is 0 Å². The molecule has 0 aromatic carbocycles. The number of carbonyl (C=O) groups is 1. The second kappa shape index (κ2) is 5.67. The van der Waals surface area contributed by atoms with Gasteiger partial charge < -0.3 is 10.0 Å². The predicted octanol–water partition coefficient (Wildman–Crippen LogP) is 2.32. The molecule has 1 N–H and O–H groups in total. The lowest BCUT2D eigenvalue weighted by Gasteiger charge is -2.39. The fourth-order valence-corrected chi connectivity index (χ4v) is 2.62. The summed E-state index contributed by atoms with van der Waals surface area (Å²) in [6.07, 6.45) is 2.99. The molecule has 0 spiro atoms. The third-order valence-electron chi connectivity index (χ3n) is 4.26. The van der Waals surface area contributed by atoms with E-state index in [2.05, 4.69) is 4.98 Å². The van der Waals surface area contributed by atoms with Gasteiger partial charge in [-0.1, -0.05) is 0 Å². The van der Waals surface area contributed by atoms with Crippen LogP contribution in [-0.2, 0) is 4.79 Å². The smallest absolute Gasteiger partial charge is 0.309 e. The van der Waals surface area contributed by atoms with Crippen LogP contribution in [0.1, 0.15) is 26.7 Å². The number of nitrogens with zero attached hydrogens (tertiary/aromatic N) is 3. The maximum atomic E-state index is 11.4. The maximum absolute atomic E-state index is 11.4. The Morgan fingerprint density at radius 1 is 1.52 bits per heavy atom. The number of aromatic nitrogens is 1. The van der Waals surface area contributed by atoms with Gasteiger partial charge in [-0.25, -0.2) is 4.98 Å². The zero-order valence-corrected chi connectivity index (χ0v) is 12.2. The molecule has 7 nitrogen and oxygen atoms in total. The first-order valence-electron chi connectivity index (χ1n) is 6.91. The number of hydrogen-bond donors (Lipinski definition) is 1. The molecule has 1 aromatic heterocycles. The van der Waals surface area contributed by atoms with Gasteiger partial charge >= 0.3 is 5.97 Å². The SMILES string of the molecule is CC(C)(C(=O)O)C1CCCN(c2ccc([N+](=O)[O-])cn2)C1. The number of aliphatic carboxylic acids is 1. The summed E-state index contributed by atoms with van der Waals surface area (Å²) in [4.78, 5) is 27.6. The van der Waals surface area contributed by atoms with Crippen molar-refractivity contribution >= 4 is 17.5 Å². The van der Waals surface area contributed by atoms with E-state index in [-0.39, 0.29) is 11.6 Å². The van der Waals surface area contributed by atoms with E-state index in [9.17, 15) is 20.0 Å². The van der Waals surface area contributed by atoms with Crippen LogP contribution in [0.4, 0.5) is 11.5 Å². The molecular formula is C14H19N3O4. The van der Waals surface area contributed by atoms with Crippen molar-refractivity contribution in [3.63, 3.8) is 0 Å². The lowest BCUT2D eigenvalue weighted by Crippen LogP contribution is -2.45. The molecule has 0 bridgehead atoms. The van der Waals surface area contributed by atoms with E-state index in [0.717, 1.165) is 19.4 Å². The number of nitro groups is 1. The van der Waals surface area contributed by atoms with Gasteiger partial charge in [0.15, 0.2) is 0 Å². The van der Waals surface area contributed by atoms with Crippen LogP contribution in [0.15, 0.2) is 18.3 Å². The fraction of sp³-hybridized carbons (Fsp3) is 0.571. The van der Waals surface area contributed by atoms with Crippen molar-refractivity contribution in [2.24, 2.45) is 11.3 Å². The van der Waals surface area contributed by atoms with E-state index in [1.807, 2.05) is 4.90 Å². The van der Waals surface area contributed by atoms with Crippen LogP contribution in [0, 0.1) is 21.4 Å². The number of carboxylic acid groups (broad SMARTS) is 1. The largest absolute Gasteiger partial charge is 0.481 e. The monoisotopic (exact) mass is 293 g/mol. The number of pyridine rings is 1. The summed E-state index contributed by atoms with van der Waals surface area (Å²) in [6, 6.07) is 3.04. The summed E-state index contributed by atoms with van der Waals surface area (Å²) < 4.78 is 0. The molecule has 1 saturated heterocycles. The Labute approximate surface area is 122 Å². The Morgan fingerprint density at radius 3 is 2.76 bits per heavy atom. The van der Waals surface area contributed by atoms with Crippen LogP contribution >= 0.6 is 0 Å². The van der Waals surface area contributed by atoms with Crippen molar-refractivity contribution in [3.05, 3.63) is 28.4 Å². The fourth-order valence-electron chi connectivity index (χ4n) is 2.62. The first-order chi connectivity index (χ1) is 9.82. The normalized spacial score (nSPS) is 19.3. The molecule has 2 heterocycles. The van der Waals surface area contributed by atoms with Crippen LogP contribution < -0.4 is 4.90 Å². The number of rotatable bonds is 4. The number of carboxylic acids is 1. The van der Waals surface area contributed by atoms with Crippen molar-refractivity contribution in [1.29, 1.82) is 0 Å². The minimum absolute atomic E-state index is 0.0285. The number of hydrogen-bond acceptors (Lipinski definition) is 5. The van der Waals surface area contributed by atoms with Gasteiger partial charge in [0.05, 0.1) is 10.3 Å². The molecule has 1 aliphatic rings. The Kier molecular flexibility index (Phi) is 4.11. The van der Waals surface area contributed by atoms with Gasteiger partial charge in [-0.15, -0.1) is 0 Å². The molecule has 7 heteroatoms. The zero-order valence-electron chi connectivity index (χ0n) is 12.2. The summed E-state index contributed by atoms with van der Waals surface area (Å²) in [6.45, 7) is 4.88. The molecule has 2 rings (SSSR count). The second-order valence-electron chi connectivity index (χ2n) is 5.94. The minimum atomic E-state index is -0.800. The molecule has 1 unspecified atom stereocenters. The van der Waals surface area contributed by atoms with Crippen molar-refractivity contribution in [2.45, 2.75) is 26.7 Å². The molecule has 1 atom stereocenters. The molecule has 1 fully saturated rings. The lowest BCUT2D eigenvalue weighted by molar-refractivity contribution is -0.385. The Hall–Kier alpha value is -2.18. The van der Waals surface area contributed by atoms with E-state index >= 15 is 0 Å². The Morgan fingerprint density at radius 2 is 2.24 bits per heavy atom. The van der Waals surface area contributed by atoms with Crippen LogP contribution in [-0.4, -0.2) is 34.1 Å². The molecule has 1 aromatic rings. The Balaban J connectivity index is 2.14. The van der Waals surface area contributed by atoms with Gasteiger partial charge in [0.2, 0.25) is 0 Å². The summed E-state index contributed by atoms with van der Waals surface area (Å²) in [7, 11) is 0. The first-order valence-corrected chi connectivity index (χ1v) is 6.91. The van der Waals surface area contributed by atoms with Crippen LogP contribution in [0.3, 0.4) is 0 Å². The highest BCUT2D eigenvalue weighted by Gasteiger charge is 2.39. The number of anilines is 1.